The molecule has 0 aliphatic carbocycles. The van der Waals surface area contributed by atoms with Gasteiger partial charge in [-0.1, -0.05) is 0 Å². The first kappa shape index (κ1) is 13.8. The average molecular weight is 266 g/mol. The van der Waals surface area contributed by atoms with Crippen molar-refractivity contribution in [2.75, 3.05) is 33.7 Å². The molecule has 1 fully saturated rings. The highest BCUT2D eigenvalue weighted by Crippen LogP contribution is 2.21. The summed E-state index contributed by atoms with van der Waals surface area (Å²) in [5, 5.41) is 9.62. The van der Waals surface area contributed by atoms with Gasteiger partial charge in [-0.2, -0.15) is 0 Å². The van der Waals surface area contributed by atoms with Crippen molar-refractivity contribution in [3.63, 3.8) is 0 Å². The Bertz CT molecular complexity index is 479. The maximum absolute atomic E-state index is 12.9. The van der Waals surface area contributed by atoms with E-state index in [1.54, 1.807) is 11.9 Å². The molecule has 0 radical (unpaired) electrons. The van der Waals surface area contributed by atoms with Gasteiger partial charge in [0.2, 0.25) is 0 Å². The molecule has 1 unspecified atom stereocenters. The number of carbonyl (C=O) groups excluding carboxylic acids is 1. The molecule has 19 heavy (non-hydrogen) atoms. The molecule has 1 saturated heterocycles. The number of benzene rings is 1. The average Bonchev–Trinajstić information content (AvgIpc) is 2.74. The van der Waals surface area contributed by atoms with Crippen LogP contribution in [0.2, 0.25) is 0 Å². The number of halogens is 1. The van der Waals surface area contributed by atoms with Crippen LogP contribution in [-0.2, 0) is 0 Å². The molecule has 1 N–H and O–H groups in total. The quantitative estimate of drug-likeness (QED) is 0.903. The van der Waals surface area contributed by atoms with Gasteiger partial charge in [-0.3, -0.25) is 4.79 Å². The normalized spacial score (nSPS) is 19.6. The molecule has 5 heteroatoms. The number of aromatic hydroxyl groups is 1. The summed E-state index contributed by atoms with van der Waals surface area (Å²) in [6.45, 7) is 2.68. The largest absolute Gasteiger partial charge is 0.507 e. The first-order valence-corrected chi connectivity index (χ1v) is 6.40. The highest BCUT2D eigenvalue weighted by atomic mass is 19.1. The molecule has 1 atom stereocenters. The molecule has 0 aromatic heterocycles. The second kappa shape index (κ2) is 5.57. The summed E-state index contributed by atoms with van der Waals surface area (Å²) in [6.07, 6.45) is 1.07. The number of likely N-dealkylation sites (tertiary alicyclic amines) is 1. The second-order valence-electron chi connectivity index (χ2n) is 5.26. The molecule has 1 amide bonds. The Hall–Kier alpha value is -1.62. The number of carbonyl (C=O) groups is 1. The van der Waals surface area contributed by atoms with Crippen molar-refractivity contribution in [2.24, 2.45) is 5.92 Å². The topological polar surface area (TPSA) is 43.8 Å². The zero-order valence-corrected chi connectivity index (χ0v) is 11.3. The van der Waals surface area contributed by atoms with Gasteiger partial charge in [0.1, 0.15) is 11.6 Å². The molecular formula is C14H19FN2O2. The molecule has 1 aromatic rings. The molecule has 0 bridgehead atoms. The number of nitrogens with zero attached hydrogens (tertiary/aromatic N) is 2. The van der Waals surface area contributed by atoms with E-state index < -0.39 is 5.82 Å². The SMILES string of the molecule is CN1CCC(CN(C)C(=O)c2ccc(F)cc2O)C1. The van der Waals surface area contributed by atoms with E-state index in [-0.39, 0.29) is 17.2 Å². The van der Waals surface area contributed by atoms with Crippen LogP contribution in [0.5, 0.6) is 5.75 Å². The summed E-state index contributed by atoms with van der Waals surface area (Å²) < 4.78 is 12.9. The lowest BCUT2D eigenvalue weighted by Gasteiger charge is -2.21. The molecular weight excluding hydrogens is 247 g/mol. The van der Waals surface area contributed by atoms with Crippen LogP contribution >= 0.6 is 0 Å². The van der Waals surface area contributed by atoms with Gasteiger partial charge < -0.3 is 14.9 Å². The van der Waals surface area contributed by atoms with Crippen LogP contribution in [-0.4, -0.2) is 54.5 Å². The molecule has 2 rings (SSSR count). The van der Waals surface area contributed by atoms with Gasteiger partial charge in [0.15, 0.2) is 0 Å². The van der Waals surface area contributed by atoms with Crippen LogP contribution < -0.4 is 0 Å². The maximum atomic E-state index is 12.9. The van der Waals surface area contributed by atoms with Crippen molar-refractivity contribution in [3.05, 3.63) is 29.6 Å². The third-order valence-electron chi connectivity index (χ3n) is 3.56. The number of hydrogen-bond acceptors (Lipinski definition) is 3. The van der Waals surface area contributed by atoms with Crippen molar-refractivity contribution < 1.29 is 14.3 Å². The lowest BCUT2D eigenvalue weighted by Crippen LogP contribution is -2.32. The molecule has 1 heterocycles. The summed E-state index contributed by atoms with van der Waals surface area (Å²) in [5.74, 6) is -0.664. The molecule has 1 aliphatic heterocycles. The fraction of sp³-hybridized carbons (Fsp3) is 0.500. The van der Waals surface area contributed by atoms with Crippen molar-refractivity contribution in [1.82, 2.24) is 9.80 Å². The number of rotatable bonds is 3. The van der Waals surface area contributed by atoms with Crippen LogP contribution in [0.15, 0.2) is 18.2 Å². The van der Waals surface area contributed by atoms with Crippen LogP contribution in [0.4, 0.5) is 4.39 Å². The molecule has 0 spiro atoms. The van der Waals surface area contributed by atoms with E-state index in [4.69, 9.17) is 0 Å². The Labute approximate surface area is 112 Å². The molecule has 0 saturated carbocycles. The second-order valence-corrected chi connectivity index (χ2v) is 5.26. The number of phenolic OH excluding ortho intramolecular Hbond substituents is 1. The van der Waals surface area contributed by atoms with Crippen LogP contribution in [0.1, 0.15) is 16.8 Å². The summed E-state index contributed by atoms with van der Waals surface area (Å²) >= 11 is 0. The Morgan fingerprint density at radius 2 is 2.32 bits per heavy atom. The zero-order valence-electron chi connectivity index (χ0n) is 11.3. The highest BCUT2D eigenvalue weighted by Gasteiger charge is 2.24. The highest BCUT2D eigenvalue weighted by molar-refractivity contribution is 5.96. The van der Waals surface area contributed by atoms with Crippen molar-refractivity contribution in [1.29, 1.82) is 0 Å². The maximum Gasteiger partial charge on any atom is 0.257 e. The van der Waals surface area contributed by atoms with Crippen molar-refractivity contribution >= 4 is 5.91 Å². The minimum atomic E-state index is -0.547. The van der Waals surface area contributed by atoms with Gasteiger partial charge in [-0.05, 0) is 38.1 Å². The first-order valence-electron chi connectivity index (χ1n) is 6.40. The fourth-order valence-corrected chi connectivity index (χ4v) is 2.54. The first-order chi connectivity index (χ1) is 8.97. The predicted molar refractivity (Wildman–Crippen MR) is 70.6 cm³/mol. The van der Waals surface area contributed by atoms with Crippen LogP contribution in [0.25, 0.3) is 0 Å². The van der Waals surface area contributed by atoms with E-state index in [0.29, 0.717) is 12.5 Å². The third-order valence-corrected chi connectivity index (χ3v) is 3.56. The molecule has 4 nitrogen and oxygen atoms in total. The zero-order chi connectivity index (χ0) is 14.0. The van der Waals surface area contributed by atoms with Gasteiger partial charge >= 0.3 is 0 Å². The van der Waals surface area contributed by atoms with E-state index >= 15 is 0 Å². The molecule has 104 valence electrons. The number of amides is 1. The van der Waals surface area contributed by atoms with Gasteiger partial charge in [0.25, 0.3) is 5.91 Å². The van der Waals surface area contributed by atoms with E-state index in [1.807, 2.05) is 0 Å². The summed E-state index contributed by atoms with van der Waals surface area (Å²) in [6, 6.07) is 3.47. The van der Waals surface area contributed by atoms with Gasteiger partial charge in [-0.15, -0.1) is 0 Å². The minimum Gasteiger partial charge on any atom is -0.507 e. The standard InChI is InChI=1S/C14H19FN2O2/c1-16-6-5-10(8-16)9-17(2)14(19)12-4-3-11(15)7-13(12)18/h3-4,7,10,18H,5-6,8-9H2,1-2H3. The van der Waals surface area contributed by atoms with Crippen LogP contribution in [0, 0.1) is 11.7 Å². The number of phenols is 1. The summed E-state index contributed by atoms with van der Waals surface area (Å²) in [5.41, 5.74) is 0.148. The van der Waals surface area contributed by atoms with Crippen molar-refractivity contribution in [3.8, 4) is 5.75 Å². The van der Waals surface area contributed by atoms with E-state index in [2.05, 4.69) is 11.9 Å². The van der Waals surface area contributed by atoms with Gasteiger partial charge in [0.05, 0.1) is 5.56 Å². The molecule has 1 aromatic carbocycles. The Morgan fingerprint density at radius 3 is 2.89 bits per heavy atom. The minimum absolute atomic E-state index is 0.148. The fourth-order valence-electron chi connectivity index (χ4n) is 2.54. The Balaban J connectivity index is 2.02. The van der Waals surface area contributed by atoms with E-state index in [9.17, 15) is 14.3 Å². The van der Waals surface area contributed by atoms with E-state index in [0.717, 1.165) is 25.6 Å². The molecule has 1 aliphatic rings. The smallest absolute Gasteiger partial charge is 0.257 e. The Kier molecular flexibility index (Phi) is 4.04. The lowest BCUT2D eigenvalue weighted by atomic mass is 10.1. The van der Waals surface area contributed by atoms with Crippen molar-refractivity contribution in [2.45, 2.75) is 6.42 Å². The predicted octanol–water partition coefficient (Wildman–Crippen LogP) is 1.55. The summed E-state index contributed by atoms with van der Waals surface area (Å²) in [4.78, 5) is 16.0. The lowest BCUT2D eigenvalue weighted by molar-refractivity contribution is 0.0771. The van der Waals surface area contributed by atoms with Gasteiger partial charge in [0, 0.05) is 26.2 Å². The summed E-state index contributed by atoms with van der Waals surface area (Å²) in [7, 11) is 3.77. The monoisotopic (exact) mass is 266 g/mol. The van der Waals surface area contributed by atoms with Gasteiger partial charge in [-0.25, -0.2) is 4.39 Å². The van der Waals surface area contributed by atoms with Crippen LogP contribution in [0.3, 0.4) is 0 Å². The third kappa shape index (κ3) is 3.23. The van der Waals surface area contributed by atoms with E-state index in [1.165, 1.54) is 12.1 Å². The Morgan fingerprint density at radius 1 is 1.58 bits per heavy atom. The number of hydrogen-bond donors (Lipinski definition) is 1.